The third-order valence-electron chi connectivity index (χ3n) is 2.50. The van der Waals surface area contributed by atoms with Crippen LogP contribution in [0.1, 0.15) is 12.5 Å². The third-order valence-corrected chi connectivity index (χ3v) is 2.91. The van der Waals surface area contributed by atoms with Crippen LogP contribution in [0.4, 0.5) is 5.69 Å². The first-order chi connectivity index (χ1) is 9.08. The SMILES string of the molecule is CCOc1cc2ncc(C#N)c(Cl)c2cc1[N+](=O)[O-]. The van der Waals surface area contributed by atoms with E-state index in [1.54, 1.807) is 6.92 Å². The molecular formula is C12H8ClN3O3. The van der Waals surface area contributed by atoms with Crippen LogP contribution in [-0.4, -0.2) is 16.5 Å². The van der Waals surface area contributed by atoms with E-state index in [1.807, 2.05) is 6.07 Å². The second-order valence-corrected chi connectivity index (χ2v) is 4.00. The van der Waals surface area contributed by atoms with Crippen molar-refractivity contribution in [2.75, 3.05) is 6.61 Å². The van der Waals surface area contributed by atoms with Gasteiger partial charge >= 0.3 is 5.69 Å². The van der Waals surface area contributed by atoms with Crippen LogP contribution in [0.15, 0.2) is 18.3 Å². The van der Waals surface area contributed by atoms with E-state index in [-0.39, 0.29) is 22.0 Å². The number of ether oxygens (including phenoxy) is 1. The Morgan fingerprint density at radius 3 is 2.89 bits per heavy atom. The molecular weight excluding hydrogens is 270 g/mol. The molecule has 0 aliphatic carbocycles. The number of aromatic nitrogens is 1. The second kappa shape index (κ2) is 5.08. The first-order valence-electron chi connectivity index (χ1n) is 5.38. The van der Waals surface area contributed by atoms with Crippen molar-refractivity contribution < 1.29 is 9.66 Å². The zero-order valence-corrected chi connectivity index (χ0v) is 10.6. The number of nitriles is 1. The van der Waals surface area contributed by atoms with Gasteiger partial charge in [-0.05, 0) is 6.92 Å². The number of benzene rings is 1. The van der Waals surface area contributed by atoms with Crippen molar-refractivity contribution in [3.63, 3.8) is 0 Å². The van der Waals surface area contributed by atoms with Gasteiger partial charge in [0, 0.05) is 23.7 Å². The fourth-order valence-corrected chi connectivity index (χ4v) is 1.91. The maximum atomic E-state index is 11.0. The van der Waals surface area contributed by atoms with E-state index in [0.29, 0.717) is 17.5 Å². The molecule has 2 aromatic rings. The maximum Gasteiger partial charge on any atom is 0.311 e. The molecule has 0 radical (unpaired) electrons. The average molecular weight is 278 g/mol. The molecule has 1 aromatic carbocycles. The number of nitro benzene ring substituents is 1. The zero-order valence-electron chi connectivity index (χ0n) is 9.88. The maximum absolute atomic E-state index is 11.0. The van der Waals surface area contributed by atoms with Crippen molar-refractivity contribution in [3.8, 4) is 11.8 Å². The molecule has 0 spiro atoms. The Hall–Kier alpha value is -2.39. The lowest BCUT2D eigenvalue weighted by Gasteiger charge is -2.07. The van der Waals surface area contributed by atoms with Crippen LogP contribution in [0.3, 0.4) is 0 Å². The lowest BCUT2D eigenvalue weighted by molar-refractivity contribution is -0.385. The Balaban J connectivity index is 2.78. The molecule has 0 aliphatic rings. The minimum absolute atomic E-state index is 0.133. The smallest absolute Gasteiger partial charge is 0.311 e. The quantitative estimate of drug-likeness (QED) is 0.635. The molecule has 96 valence electrons. The Kier molecular flexibility index (Phi) is 3.49. The van der Waals surface area contributed by atoms with E-state index < -0.39 is 4.92 Å². The average Bonchev–Trinajstić information content (AvgIpc) is 2.39. The highest BCUT2D eigenvalue weighted by Crippen LogP contribution is 2.35. The fourth-order valence-electron chi connectivity index (χ4n) is 1.67. The van der Waals surface area contributed by atoms with Crippen LogP contribution in [-0.2, 0) is 0 Å². The van der Waals surface area contributed by atoms with Crippen molar-refractivity contribution in [2.45, 2.75) is 6.92 Å². The summed E-state index contributed by atoms with van der Waals surface area (Å²) in [7, 11) is 0. The second-order valence-electron chi connectivity index (χ2n) is 3.62. The van der Waals surface area contributed by atoms with Gasteiger partial charge in [-0.1, -0.05) is 11.6 Å². The largest absolute Gasteiger partial charge is 0.487 e. The Labute approximate surface area is 113 Å². The molecule has 1 aromatic heterocycles. The zero-order chi connectivity index (χ0) is 14.0. The van der Waals surface area contributed by atoms with Crippen molar-refractivity contribution in [3.05, 3.63) is 39.0 Å². The third kappa shape index (κ3) is 2.28. The molecule has 7 heteroatoms. The molecule has 0 amide bonds. The van der Waals surface area contributed by atoms with E-state index in [1.165, 1.54) is 18.3 Å². The van der Waals surface area contributed by atoms with Gasteiger partial charge in [0.1, 0.15) is 6.07 Å². The van der Waals surface area contributed by atoms with E-state index in [4.69, 9.17) is 21.6 Å². The lowest BCUT2D eigenvalue weighted by Crippen LogP contribution is -1.98. The number of fused-ring (bicyclic) bond motifs is 1. The molecule has 0 aliphatic heterocycles. The molecule has 0 bridgehead atoms. The standard InChI is InChI=1S/C12H8ClN3O3/c1-2-19-11-4-9-8(3-10(11)16(17)18)12(13)7(5-14)6-15-9/h3-4,6H,2H2,1H3. The summed E-state index contributed by atoms with van der Waals surface area (Å²) >= 11 is 6.02. The summed E-state index contributed by atoms with van der Waals surface area (Å²) in [6, 6.07) is 4.60. The van der Waals surface area contributed by atoms with Gasteiger partial charge in [0.05, 0.1) is 27.6 Å². The van der Waals surface area contributed by atoms with Crippen LogP contribution in [0.5, 0.6) is 5.75 Å². The fraction of sp³-hybridized carbons (Fsp3) is 0.167. The highest BCUT2D eigenvalue weighted by molar-refractivity contribution is 6.36. The first kappa shape index (κ1) is 13.1. The van der Waals surface area contributed by atoms with Gasteiger partial charge in [0.15, 0.2) is 5.75 Å². The lowest BCUT2D eigenvalue weighted by atomic mass is 10.1. The molecule has 0 saturated heterocycles. The highest BCUT2D eigenvalue weighted by Gasteiger charge is 2.19. The number of hydrogen-bond acceptors (Lipinski definition) is 5. The van der Waals surface area contributed by atoms with Gasteiger partial charge in [-0.2, -0.15) is 5.26 Å². The predicted octanol–water partition coefficient (Wildman–Crippen LogP) is 3.07. The molecule has 0 unspecified atom stereocenters. The van der Waals surface area contributed by atoms with Gasteiger partial charge in [0.2, 0.25) is 0 Å². The van der Waals surface area contributed by atoms with Crippen LogP contribution in [0.2, 0.25) is 5.02 Å². The summed E-state index contributed by atoms with van der Waals surface area (Å²) < 4.78 is 5.21. The van der Waals surface area contributed by atoms with Gasteiger partial charge in [-0.3, -0.25) is 15.1 Å². The highest BCUT2D eigenvalue weighted by atomic mass is 35.5. The molecule has 0 fully saturated rings. The number of hydrogen-bond donors (Lipinski definition) is 0. The van der Waals surface area contributed by atoms with Crippen LogP contribution in [0.25, 0.3) is 10.9 Å². The van der Waals surface area contributed by atoms with Crippen molar-refractivity contribution in [2.24, 2.45) is 0 Å². The predicted molar refractivity (Wildman–Crippen MR) is 69.3 cm³/mol. The number of halogens is 1. The molecule has 0 atom stereocenters. The Bertz CT molecular complexity index is 709. The van der Waals surface area contributed by atoms with E-state index in [9.17, 15) is 10.1 Å². The molecule has 19 heavy (non-hydrogen) atoms. The van der Waals surface area contributed by atoms with E-state index in [0.717, 1.165) is 0 Å². The number of rotatable bonds is 3. The number of pyridine rings is 1. The summed E-state index contributed by atoms with van der Waals surface area (Å²) in [4.78, 5) is 14.5. The van der Waals surface area contributed by atoms with Gasteiger partial charge in [0.25, 0.3) is 0 Å². The van der Waals surface area contributed by atoms with Crippen LogP contribution < -0.4 is 4.74 Å². The van der Waals surface area contributed by atoms with E-state index >= 15 is 0 Å². The normalized spacial score (nSPS) is 10.2. The summed E-state index contributed by atoms with van der Waals surface area (Å²) in [5.74, 6) is 0.133. The van der Waals surface area contributed by atoms with Crippen LogP contribution >= 0.6 is 11.6 Å². The van der Waals surface area contributed by atoms with Crippen molar-refractivity contribution in [1.82, 2.24) is 4.98 Å². The Morgan fingerprint density at radius 2 is 2.32 bits per heavy atom. The summed E-state index contributed by atoms with van der Waals surface area (Å²) in [5.41, 5.74) is 0.416. The first-order valence-corrected chi connectivity index (χ1v) is 5.75. The molecule has 1 heterocycles. The van der Waals surface area contributed by atoms with Crippen molar-refractivity contribution >= 4 is 28.2 Å². The van der Waals surface area contributed by atoms with Gasteiger partial charge in [-0.15, -0.1) is 0 Å². The van der Waals surface area contributed by atoms with Gasteiger partial charge in [-0.25, -0.2) is 0 Å². The monoisotopic (exact) mass is 277 g/mol. The topological polar surface area (TPSA) is 89.0 Å². The Morgan fingerprint density at radius 1 is 1.58 bits per heavy atom. The summed E-state index contributed by atoms with van der Waals surface area (Å²) in [6.07, 6.45) is 1.33. The number of nitrogens with zero attached hydrogens (tertiary/aromatic N) is 3. The molecule has 2 rings (SSSR count). The van der Waals surface area contributed by atoms with E-state index in [2.05, 4.69) is 4.98 Å². The number of nitro groups is 1. The van der Waals surface area contributed by atoms with Crippen LogP contribution in [0, 0.1) is 21.4 Å². The minimum Gasteiger partial charge on any atom is -0.487 e. The summed E-state index contributed by atoms with van der Waals surface area (Å²) in [5, 5.41) is 20.4. The van der Waals surface area contributed by atoms with Crippen molar-refractivity contribution in [1.29, 1.82) is 5.26 Å². The molecule has 0 saturated carbocycles. The van der Waals surface area contributed by atoms with Gasteiger partial charge < -0.3 is 4.74 Å². The molecule has 6 nitrogen and oxygen atoms in total. The molecule has 0 N–H and O–H groups in total. The minimum atomic E-state index is -0.556. The summed E-state index contributed by atoms with van der Waals surface area (Å²) in [6.45, 7) is 2.03.